The van der Waals surface area contributed by atoms with E-state index in [1.165, 1.54) is 4.31 Å². The van der Waals surface area contributed by atoms with Gasteiger partial charge in [-0.2, -0.15) is 0 Å². The van der Waals surface area contributed by atoms with Gasteiger partial charge in [0.15, 0.2) is 0 Å². The Labute approximate surface area is 131 Å². The van der Waals surface area contributed by atoms with E-state index < -0.39 is 10.0 Å². The molecule has 1 heterocycles. The Morgan fingerprint density at radius 3 is 2.59 bits per heavy atom. The monoisotopic (exact) mass is 317 g/mol. The summed E-state index contributed by atoms with van der Waals surface area (Å²) in [6.45, 7) is 4.15. The maximum atomic E-state index is 12.9. The van der Waals surface area contributed by atoms with Gasteiger partial charge in [-0.3, -0.25) is 4.31 Å². The van der Waals surface area contributed by atoms with Crippen LogP contribution in [-0.2, 0) is 15.8 Å². The van der Waals surface area contributed by atoms with E-state index >= 15 is 0 Å². The zero-order valence-corrected chi connectivity index (χ0v) is 13.5. The lowest BCUT2D eigenvalue weighted by Crippen LogP contribution is -2.42. The smallest absolute Gasteiger partial charge is 0.239 e. The van der Waals surface area contributed by atoms with Gasteiger partial charge in [0.25, 0.3) is 0 Å². The Kier molecular flexibility index (Phi) is 3.83. The topological polar surface area (TPSA) is 46.6 Å². The molecule has 0 N–H and O–H groups in total. The molecular formula is C17H19NO3S. The van der Waals surface area contributed by atoms with Crippen molar-refractivity contribution in [1.82, 2.24) is 0 Å². The quantitative estimate of drug-likeness (QED) is 0.874. The average Bonchev–Trinajstić information content (AvgIpc) is 2.48. The number of aryl methyl sites for hydroxylation is 1. The number of ether oxygens (including phenoxy) is 1. The van der Waals surface area contributed by atoms with Crippen LogP contribution in [0.25, 0.3) is 0 Å². The molecule has 0 aromatic heterocycles. The van der Waals surface area contributed by atoms with E-state index in [1.54, 1.807) is 12.1 Å². The highest BCUT2D eigenvalue weighted by Gasteiger charge is 2.31. The number of hydrogen-bond donors (Lipinski definition) is 0. The van der Waals surface area contributed by atoms with Crippen LogP contribution in [0, 0.1) is 6.92 Å². The second-order valence-corrected chi connectivity index (χ2v) is 7.50. The van der Waals surface area contributed by atoms with Crippen molar-refractivity contribution < 1.29 is 13.2 Å². The fourth-order valence-electron chi connectivity index (χ4n) is 2.66. The lowest BCUT2D eigenvalue weighted by molar-refractivity contribution is 0.219. The number of benzene rings is 2. The van der Waals surface area contributed by atoms with Crippen LogP contribution >= 0.6 is 0 Å². The molecule has 0 spiro atoms. The normalized spacial score (nSPS) is 17.7. The van der Waals surface area contributed by atoms with Gasteiger partial charge in [-0.05, 0) is 37.1 Å². The van der Waals surface area contributed by atoms with Crippen molar-refractivity contribution in [3.63, 3.8) is 0 Å². The minimum Gasteiger partial charge on any atom is -0.487 e. The van der Waals surface area contributed by atoms with Crippen LogP contribution in [0.2, 0.25) is 0 Å². The highest BCUT2D eigenvalue weighted by atomic mass is 32.2. The summed E-state index contributed by atoms with van der Waals surface area (Å²) in [5.41, 5.74) is 2.44. The standard InChI is InChI=1S/C17H19NO3S/c1-13-7-3-4-8-15(13)12-22(19,20)18-11-14(2)21-17-10-6-5-9-16(17)18/h3-10,14H,11-12H2,1-2H3. The van der Waals surface area contributed by atoms with Crippen molar-refractivity contribution in [3.8, 4) is 5.75 Å². The largest absolute Gasteiger partial charge is 0.487 e. The van der Waals surface area contributed by atoms with Gasteiger partial charge >= 0.3 is 0 Å². The number of sulfonamides is 1. The predicted octanol–water partition coefficient (Wildman–Crippen LogP) is 3.11. The van der Waals surface area contributed by atoms with Crippen LogP contribution < -0.4 is 9.04 Å². The third-order valence-corrected chi connectivity index (χ3v) is 5.51. The second kappa shape index (κ2) is 5.65. The van der Waals surface area contributed by atoms with Gasteiger partial charge in [-0.1, -0.05) is 36.4 Å². The molecule has 0 saturated heterocycles. The van der Waals surface area contributed by atoms with Gasteiger partial charge in [0.05, 0.1) is 18.0 Å². The van der Waals surface area contributed by atoms with E-state index in [9.17, 15) is 8.42 Å². The van der Waals surface area contributed by atoms with Gasteiger partial charge in [-0.15, -0.1) is 0 Å². The van der Waals surface area contributed by atoms with Crippen molar-refractivity contribution in [2.75, 3.05) is 10.8 Å². The van der Waals surface area contributed by atoms with Crippen molar-refractivity contribution in [2.24, 2.45) is 0 Å². The van der Waals surface area contributed by atoms with E-state index in [4.69, 9.17) is 4.74 Å². The Morgan fingerprint density at radius 2 is 1.82 bits per heavy atom. The molecule has 0 amide bonds. The number of hydrogen-bond acceptors (Lipinski definition) is 3. The SMILES string of the molecule is Cc1ccccc1CS(=O)(=O)N1CC(C)Oc2ccccc21. The minimum atomic E-state index is -3.45. The Morgan fingerprint density at radius 1 is 1.14 bits per heavy atom. The first-order chi connectivity index (χ1) is 10.5. The maximum Gasteiger partial charge on any atom is 0.239 e. The summed E-state index contributed by atoms with van der Waals surface area (Å²) in [5.74, 6) is 0.621. The van der Waals surface area contributed by atoms with Crippen molar-refractivity contribution in [3.05, 3.63) is 59.7 Å². The van der Waals surface area contributed by atoms with E-state index in [1.807, 2.05) is 50.2 Å². The summed E-state index contributed by atoms with van der Waals surface area (Å²) in [4.78, 5) is 0. The summed E-state index contributed by atoms with van der Waals surface area (Å²) in [6, 6.07) is 14.9. The number of para-hydroxylation sites is 2. The van der Waals surface area contributed by atoms with Gasteiger partial charge in [0.1, 0.15) is 11.9 Å². The average molecular weight is 317 g/mol. The van der Waals surface area contributed by atoms with Gasteiger partial charge in [0.2, 0.25) is 10.0 Å². The van der Waals surface area contributed by atoms with Gasteiger partial charge in [-0.25, -0.2) is 8.42 Å². The summed E-state index contributed by atoms with van der Waals surface area (Å²) in [6.07, 6.45) is -0.165. The Hall–Kier alpha value is -2.01. The van der Waals surface area contributed by atoms with Gasteiger partial charge in [0, 0.05) is 0 Å². The molecule has 0 aliphatic carbocycles. The molecule has 1 unspecified atom stereocenters. The lowest BCUT2D eigenvalue weighted by Gasteiger charge is -2.34. The number of fused-ring (bicyclic) bond motifs is 1. The maximum absolute atomic E-state index is 12.9. The molecule has 0 radical (unpaired) electrons. The molecule has 5 heteroatoms. The van der Waals surface area contributed by atoms with E-state index in [0.717, 1.165) is 11.1 Å². The summed E-state index contributed by atoms with van der Waals surface area (Å²) in [7, 11) is -3.45. The van der Waals surface area contributed by atoms with Crippen LogP contribution in [0.3, 0.4) is 0 Å². The van der Waals surface area contributed by atoms with Crippen LogP contribution in [-0.4, -0.2) is 21.1 Å². The molecule has 0 bridgehead atoms. The number of nitrogens with zero attached hydrogens (tertiary/aromatic N) is 1. The molecule has 2 aromatic rings. The second-order valence-electron chi connectivity index (χ2n) is 5.61. The lowest BCUT2D eigenvalue weighted by atomic mass is 10.1. The Balaban J connectivity index is 1.98. The molecule has 22 heavy (non-hydrogen) atoms. The fourth-order valence-corrected chi connectivity index (χ4v) is 4.42. The molecule has 4 nitrogen and oxygen atoms in total. The number of rotatable bonds is 3. The zero-order valence-electron chi connectivity index (χ0n) is 12.7. The first-order valence-corrected chi connectivity index (χ1v) is 8.89. The van der Waals surface area contributed by atoms with E-state index in [2.05, 4.69) is 0 Å². The van der Waals surface area contributed by atoms with Crippen LogP contribution in [0.5, 0.6) is 5.75 Å². The zero-order chi connectivity index (χ0) is 15.7. The van der Waals surface area contributed by atoms with Crippen LogP contribution in [0.15, 0.2) is 48.5 Å². The third-order valence-electron chi connectivity index (χ3n) is 3.82. The molecule has 3 rings (SSSR count). The van der Waals surface area contributed by atoms with Crippen molar-refractivity contribution in [1.29, 1.82) is 0 Å². The summed E-state index contributed by atoms with van der Waals surface area (Å²) in [5, 5.41) is 0. The van der Waals surface area contributed by atoms with Gasteiger partial charge < -0.3 is 4.74 Å². The molecule has 116 valence electrons. The molecule has 1 aliphatic rings. The number of anilines is 1. The van der Waals surface area contributed by atoms with Crippen molar-refractivity contribution >= 4 is 15.7 Å². The van der Waals surface area contributed by atoms with E-state index in [0.29, 0.717) is 18.0 Å². The molecule has 2 aromatic carbocycles. The Bertz CT molecular complexity index is 786. The predicted molar refractivity (Wildman–Crippen MR) is 87.7 cm³/mol. The van der Waals surface area contributed by atoms with Crippen LogP contribution in [0.4, 0.5) is 5.69 Å². The molecule has 0 fully saturated rings. The first kappa shape index (κ1) is 14.9. The molecule has 1 atom stereocenters. The molecule has 0 saturated carbocycles. The van der Waals surface area contributed by atoms with E-state index in [-0.39, 0.29) is 11.9 Å². The molecular weight excluding hydrogens is 298 g/mol. The summed E-state index contributed by atoms with van der Waals surface area (Å²) < 4.78 is 33.0. The summed E-state index contributed by atoms with van der Waals surface area (Å²) >= 11 is 0. The first-order valence-electron chi connectivity index (χ1n) is 7.28. The highest BCUT2D eigenvalue weighted by molar-refractivity contribution is 7.92. The fraction of sp³-hybridized carbons (Fsp3) is 0.294. The van der Waals surface area contributed by atoms with Crippen LogP contribution in [0.1, 0.15) is 18.1 Å². The third kappa shape index (κ3) is 2.81. The minimum absolute atomic E-state index is 0.000722. The van der Waals surface area contributed by atoms with Crippen molar-refractivity contribution in [2.45, 2.75) is 25.7 Å². The molecule has 1 aliphatic heterocycles. The highest BCUT2D eigenvalue weighted by Crippen LogP contribution is 2.35.